The van der Waals surface area contributed by atoms with E-state index in [9.17, 15) is 9.90 Å². The summed E-state index contributed by atoms with van der Waals surface area (Å²) < 4.78 is 5.74. The van der Waals surface area contributed by atoms with Gasteiger partial charge in [-0.05, 0) is 36.4 Å². The third-order valence-corrected chi connectivity index (χ3v) is 4.38. The summed E-state index contributed by atoms with van der Waals surface area (Å²) in [6.07, 6.45) is 13.9. The van der Waals surface area contributed by atoms with Gasteiger partial charge in [-0.3, -0.25) is 0 Å². The number of hydrogen-bond donors (Lipinski definition) is 1. The van der Waals surface area contributed by atoms with E-state index in [1.54, 1.807) is 18.4 Å². The molecule has 0 amide bonds. The lowest BCUT2D eigenvalue weighted by molar-refractivity contribution is 0.0699. The third kappa shape index (κ3) is 5.93. The molecule has 25 heavy (non-hydrogen) atoms. The number of aromatic carboxylic acids is 1. The minimum absolute atomic E-state index is 0.301. The number of unbranched alkanes of at least 4 members (excludes halogenated alkanes) is 7. The molecule has 0 fully saturated rings. The Kier molecular flexibility index (Phi) is 8.03. The maximum absolute atomic E-state index is 11.3. The Bertz CT molecular complexity index is 703. The molecule has 1 N–H and O–H groups in total. The Balaban J connectivity index is 1.83. The lowest BCUT2D eigenvalue weighted by atomic mass is 10.0. The highest BCUT2D eigenvalue weighted by Crippen LogP contribution is 2.28. The van der Waals surface area contributed by atoms with Crippen LogP contribution in [0.25, 0.3) is 10.8 Å². The van der Waals surface area contributed by atoms with Crippen molar-refractivity contribution in [3.63, 3.8) is 0 Å². The fourth-order valence-corrected chi connectivity index (χ4v) is 2.97. The first-order chi connectivity index (χ1) is 12.2. The number of benzene rings is 2. The van der Waals surface area contributed by atoms with Gasteiger partial charge >= 0.3 is 5.97 Å². The third-order valence-electron chi connectivity index (χ3n) is 4.38. The number of rotatable bonds is 11. The number of allylic oxidation sites excluding steroid dienone is 1. The maximum Gasteiger partial charge on any atom is 0.336 e. The van der Waals surface area contributed by atoms with Gasteiger partial charge in [-0.2, -0.15) is 0 Å². The summed E-state index contributed by atoms with van der Waals surface area (Å²) in [7, 11) is 0. The van der Waals surface area contributed by atoms with Crippen molar-refractivity contribution < 1.29 is 14.6 Å². The van der Waals surface area contributed by atoms with Crippen LogP contribution in [0, 0.1) is 0 Å². The van der Waals surface area contributed by atoms with E-state index in [0.717, 1.165) is 11.8 Å². The molecule has 2 rings (SSSR count). The van der Waals surface area contributed by atoms with E-state index < -0.39 is 5.97 Å². The number of carboxylic acid groups (broad SMARTS) is 1. The minimum Gasteiger partial charge on any atom is -0.478 e. The normalized spacial score (nSPS) is 11.2. The molecule has 0 saturated carbocycles. The lowest BCUT2D eigenvalue weighted by Gasteiger charge is -2.08. The van der Waals surface area contributed by atoms with E-state index in [1.807, 2.05) is 30.3 Å². The van der Waals surface area contributed by atoms with Crippen LogP contribution in [0.2, 0.25) is 0 Å². The molecule has 134 valence electrons. The Morgan fingerprint density at radius 3 is 2.36 bits per heavy atom. The molecule has 0 radical (unpaired) electrons. The molecule has 0 spiro atoms. The second-order valence-corrected chi connectivity index (χ2v) is 6.36. The van der Waals surface area contributed by atoms with Gasteiger partial charge in [0.05, 0.1) is 11.8 Å². The largest absolute Gasteiger partial charge is 0.478 e. The number of carbonyl (C=O) groups is 1. The SMILES string of the molecule is CCCCCCCCCC=COc1ccc(C(=O)O)c2ccccc12. The minimum atomic E-state index is -0.919. The molecular formula is C22H28O3. The zero-order valence-corrected chi connectivity index (χ0v) is 15.0. The van der Waals surface area contributed by atoms with Crippen molar-refractivity contribution in [1.29, 1.82) is 0 Å². The van der Waals surface area contributed by atoms with Crippen LogP contribution >= 0.6 is 0 Å². The molecule has 0 heterocycles. The Morgan fingerprint density at radius 1 is 0.960 bits per heavy atom. The summed E-state index contributed by atoms with van der Waals surface area (Å²) in [5.74, 6) is -0.228. The molecule has 0 aliphatic heterocycles. The summed E-state index contributed by atoms with van der Waals surface area (Å²) in [5.41, 5.74) is 0.301. The van der Waals surface area contributed by atoms with E-state index in [2.05, 4.69) is 6.92 Å². The zero-order valence-electron chi connectivity index (χ0n) is 15.0. The molecule has 0 aliphatic rings. The number of carboxylic acids is 1. The summed E-state index contributed by atoms with van der Waals surface area (Å²) in [4.78, 5) is 11.3. The van der Waals surface area contributed by atoms with Crippen LogP contribution in [0.4, 0.5) is 0 Å². The first kappa shape index (κ1) is 19.0. The van der Waals surface area contributed by atoms with Gasteiger partial charge in [-0.25, -0.2) is 4.79 Å². The fourth-order valence-electron chi connectivity index (χ4n) is 2.97. The standard InChI is InChI=1S/C22H28O3/c1-2-3-4-5-6-7-8-9-12-17-25-21-16-15-20(22(23)24)18-13-10-11-14-19(18)21/h10-17H,2-9H2,1H3,(H,23,24). The smallest absolute Gasteiger partial charge is 0.336 e. The molecule has 0 aromatic heterocycles. The Morgan fingerprint density at radius 2 is 1.64 bits per heavy atom. The van der Waals surface area contributed by atoms with Crippen molar-refractivity contribution in [3.8, 4) is 5.75 Å². The summed E-state index contributed by atoms with van der Waals surface area (Å²) >= 11 is 0. The monoisotopic (exact) mass is 340 g/mol. The first-order valence-corrected chi connectivity index (χ1v) is 9.30. The van der Waals surface area contributed by atoms with Gasteiger partial charge in [0.2, 0.25) is 0 Å². The van der Waals surface area contributed by atoms with Crippen molar-refractivity contribution in [2.75, 3.05) is 0 Å². The maximum atomic E-state index is 11.3. The predicted molar refractivity (Wildman–Crippen MR) is 103 cm³/mol. The van der Waals surface area contributed by atoms with Gasteiger partial charge in [0.15, 0.2) is 0 Å². The molecule has 2 aromatic carbocycles. The van der Waals surface area contributed by atoms with Gasteiger partial charge in [0, 0.05) is 5.39 Å². The quantitative estimate of drug-likeness (QED) is 0.371. The van der Waals surface area contributed by atoms with Crippen LogP contribution < -0.4 is 4.74 Å². The van der Waals surface area contributed by atoms with Crippen LogP contribution in [-0.4, -0.2) is 11.1 Å². The van der Waals surface area contributed by atoms with Crippen LogP contribution in [0.15, 0.2) is 48.7 Å². The van der Waals surface area contributed by atoms with Gasteiger partial charge in [0.25, 0.3) is 0 Å². The highest BCUT2D eigenvalue weighted by molar-refractivity contribution is 6.05. The van der Waals surface area contributed by atoms with Gasteiger partial charge in [-0.15, -0.1) is 0 Å². The topological polar surface area (TPSA) is 46.5 Å². The molecular weight excluding hydrogens is 312 g/mol. The lowest BCUT2D eigenvalue weighted by Crippen LogP contribution is -1.98. The second kappa shape index (κ2) is 10.5. The molecule has 0 unspecified atom stereocenters. The predicted octanol–water partition coefficient (Wildman–Crippen LogP) is 6.57. The summed E-state index contributed by atoms with van der Waals surface area (Å²) in [5, 5.41) is 10.8. The molecule has 3 heteroatoms. The van der Waals surface area contributed by atoms with E-state index in [0.29, 0.717) is 16.7 Å². The summed E-state index contributed by atoms with van der Waals surface area (Å²) in [6, 6.07) is 10.8. The molecule has 0 saturated heterocycles. The van der Waals surface area contributed by atoms with Gasteiger partial charge < -0.3 is 9.84 Å². The van der Waals surface area contributed by atoms with Crippen LogP contribution in [0.3, 0.4) is 0 Å². The Hall–Kier alpha value is -2.29. The molecule has 0 aliphatic carbocycles. The van der Waals surface area contributed by atoms with Crippen LogP contribution in [-0.2, 0) is 0 Å². The average Bonchev–Trinajstić information content (AvgIpc) is 2.63. The summed E-state index contributed by atoms with van der Waals surface area (Å²) in [6.45, 7) is 2.24. The zero-order chi connectivity index (χ0) is 17.9. The van der Waals surface area contributed by atoms with Gasteiger partial charge in [0.1, 0.15) is 5.75 Å². The average molecular weight is 340 g/mol. The van der Waals surface area contributed by atoms with E-state index in [1.165, 1.54) is 44.9 Å². The van der Waals surface area contributed by atoms with E-state index in [4.69, 9.17) is 4.74 Å². The van der Waals surface area contributed by atoms with E-state index in [-0.39, 0.29) is 0 Å². The molecule has 3 nitrogen and oxygen atoms in total. The van der Waals surface area contributed by atoms with Crippen LogP contribution in [0.5, 0.6) is 5.75 Å². The van der Waals surface area contributed by atoms with Crippen molar-refractivity contribution in [2.45, 2.75) is 58.3 Å². The van der Waals surface area contributed by atoms with Gasteiger partial charge in [-0.1, -0.05) is 69.7 Å². The fraction of sp³-hybridized carbons (Fsp3) is 0.409. The number of ether oxygens (including phenoxy) is 1. The number of fused-ring (bicyclic) bond motifs is 1. The second-order valence-electron chi connectivity index (χ2n) is 6.36. The van der Waals surface area contributed by atoms with E-state index >= 15 is 0 Å². The van der Waals surface area contributed by atoms with Crippen molar-refractivity contribution >= 4 is 16.7 Å². The molecule has 0 atom stereocenters. The van der Waals surface area contributed by atoms with Crippen molar-refractivity contribution in [2.24, 2.45) is 0 Å². The highest BCUT2D eigenvalue weighted by Gasteiger charge is 2.11. The first-order valence-electron chi connectivity index (χ1n) is 9.30. The number of hydrogen-bond acceptors (Lipinski definition) is 2. The molecule has 0 bridgehead atoms. The highest BCUT2D eigenvalue weighted by atomic mass is 16.5. The molecule has 2 aromatic rings. The van der Waals surface area contributed by atoms with Crippen molar-refractivity contribution in [3.05, 3.63) is 54.3 Å². The Labute approximate surface area is 150 Å². The van der Waals surface area contributed by atoms with Crippen LogP contribution in [0.1, 0.15) is 68.6 Å². The van der Waals surface area contributed by atoms with Crippen molar-refractivity contribution in [1.82, 2.24) is 0 Å².